The molecule has 1 aliphatic carbocycles. The summed E-state index contributed by atoms with van der Waals surface area (Å²) in [6.07, 6.45) is -16.8. The monoisotopic (exact) mass is 786 g/mol. The summed E-state index contributed by atoms with van der Waals surface area (Å²) in [6.45, 7) is -0.479. The van der Waals surface area contributed by atoms with E-state index in [1.807, 2.05) is 0 Å². The van der Waals surface area contributed by atoms with E-state index >= 15 is 0 Å². The number of likely N-dealkylation sites (N-methyl/N-ethyl adjacent to an activating group) is 1. The van der Waals surface area contributed by atoms with Crippen molar-refractivity contribution >= 4 is 35.4 Å². The Hall–Kier alpha value is -4.11. The first-order valence-corrected chi connectivity index (χ1v) is 17.1. The number of amides is 2. The number of isocyanates is 1. The lowest BCUT2D eigenvalue weighted by Crippen LogP contribution is -2.73. The van der Waals surface area contributed by atoms with E-state index in [4.69, 9.17) is 41.2 Å². The van der Waals surface area contributed by atoms with Crippen molar-refractivity contribution in [2.45, 2.75) is 98.2 Å². The lowest BCUT2D eigenvalue weighted by molar-refractivity contribution is -0.327. The molecule has 2 amide bonds. The van der Waals surface area contributed by atoms with Crippen LogP contribution in [0.25, 0.3) is 0 Å². The minimum atomic E-state index is -2.28. The second-order valence-corrected chi connectivity index (χ2v) is 13.4. The van der Waals surface area contributed by atoms with Crippen molar-refractivity contribution in [3.05, 3.63) is 24.3 Å². The van der Waals surface area contributed by atoms with Gasteiger partial charge in [0.2, 0.25) is 6.08 Å². The molecule has 6 unspecified atom stereocenters. The highest BCUT2D eigenvalue weighted by Gasteiger charge is 2.60. The number of ether oxygens (including phenoxy) is 4. The van der Waals surface area contributed by atoms with Gasteiger partial charge in [-0.3, -0.25) is 15.7 Å². The van der Waals surface area contributed by atoms with Gasteiger partial charge < -0.3 is 92.5 Å². The van der Waals surface area contributed by atoms with Crippen LogP contribution in [0.3, 0.4) is 0 Å². The summed E-state index contributed by atoms with van der Waals surface area (Å²) >= 11 is 0. The van der Waals surface area contributed by atoms with Crippen molar-refractivity contribution in [2.24, 2.45) is 16.5 Å². The summed E-state index contributed by atoms with van der Waals surface area (Å²) in [5.41, 5.74) is 9.24. The first kappa shape index (κ1) is 43.6. The van der Waals surface area contributed by atoms with Crippen LogP contribution in [0.4, 0.5) is 16.2 Å². The number of hydrogen-bond donors (Lipinski definition) is 16. The summed E-state index contributed by atoms with van der Waals surface area (Å²) in [4.78, 5) is 28.1. The molecule has 1 aromatic carbocycles. The second-order valence-electron chi connectivity index (χ2n) is 13.4. The van der Waals surface area contributed by atoms with Crippen molar-refractivity contribution < 1.29 is 69.4 Å². The minimum absolute atomic E-state index is 0.00990. The van der Waals surface area contributed by atoms with E-state index in [0.29, 0.717) is 5.69 Å². The Morgan fingerprint density at radius 2 is 1.65 bits per heavy atom. The molecule has 1 aromatic rings. The number of aliphatic hydroxyl groups is 8. The number of benzene rings is 1. The van der Waals surface area contributed by atoms with Crippen LogP contribution in [0, 0.1) is 10.8 Å². The van der Waals surface area contributed by atoms with Crippen molar-refractivity contribution in [1.82, 2.24) is 20.9 Å². The number of urea groups is 1. The second kappa shape index (κ2) is 18.7. The number of anilines is 1. The Labute approximate surface area is 314 Å². The average Bonchev–Trinajstić information content (AvgIpc) is 3.36. The molecule has 308 valence electrons. The Balaban J connectivity index is 1.56. The Bertz CT molecular complexity index is 1540. The molecule has 55 heavy (non-hydrogen) atoms. The number of nitrogens with two attached hydrogens (primary N) is 2. The molecule has 0 radical (unpaired) electrons. The molecule has 3 fully saturated rings. The van der Waals surface area contributed by atoms with Gasteiger partial charge in [-0.05, 0) is 32.2 Å². The van der Waals surface area contributed by atoms with Crippen LogP contribution in [-0.4, -0.2) is 194 Å². The van der Waals surface area contributed by atoms with E-state index in [1.54, 1.807) is 12.1 Å². The van der Waals surface area contributed by atoms with Gasteiger partial charge in [0.25, 0.3) is 0 Å². The molecule has 15 atom stereocenters. The number of carbonyl (C=O) groups is 1. The molecular formula is C31H50N10O14. The molecule has 0 aromatic heterocycles. The van der Waals surface area contributed by atoms with Gasteiger partial charge in [-0.1, -0.05) is 6.07 Å². The molecule has 2 heterocycles. The van der Waals surface area contributed by atoms with Crippen LogP contribution in [-0.2, 0) is 23.7 Å². The van der Waals surface area contributed by atoms with Crippen molar-refractivity contribution in [1.29, 1.82) is 10.8 Å². The maximum Gasteiger partial charge on any atom is 0.319 e. The first-order valence-electron chi connectivity index (χ1n) is 17.1. The third-order valence-electron chi connectivity index (χ3n) is 9.78. The summed E-state index contributed by atoms with van der Waals surface area (Å²) in [5, 5.41) is 112. The summed E-state index contributed by atoms with van der Waals surface area (Å²) < 4.78 is 23.9. The van der Waals surface area contributed by atoms with Gasteiger partial charge in [-0.2, -0.15) is 4.99 Å². The topological polar surface area (TPSA) is 396 Å². The fourth-order valence-corrected chi connectivity index (χ4v) is 6.79. The Morgan fingerprint density at radius 1 is 0.982 bits per heavy atom. The predicted molar refractivity (Wildman–Crippen MR) is 187 cm³/mol. The lowest BCUT2D eigenvalue weighted by atomic mass is 9.81. The fourth-order valence-electron chi connectivity index (χ4n) is 6.79. The van der Waals surface area contributed by atoms with Crippen LogP contribution in [0.15, 0.2) is 29.3 Å². The van der Waals surface area contributed by atoms with Crippen LogP contribution >= 0.6 is 0 Å². The molecular weight excluding hydrogens is 736 g/mol. The Morgan fingerprint density at radius 3 is 2.27 bits per heavy atom. The SMILES string of the molecule is C[C@@H]1O[C@@H](O[C@@H]2C(O)[C@@H](O)C(NC(=N)N)C(O)[C@@H]2NC(=N)N)C(O[C@@H]2OC(CO)[C@H](O)[C@H](O)C2N(C)CCNC(=O)Nc2cccc(N=C=O)c2)[C@]1(O)CO. The number of aliphatic hydroxyl groups excluding tert-OH is 7. The maximum atomic E-state index is 12.6. The molecule has 24 heteroatoms. The van der Waals surface area contributed by atoms with E-state index in [-0.39, 0.29) is 18.8 Å². The van der Waals surface area contributed by atoms with E-state index < -0.39 is 122 Å². The van der Waals surface area contributed by atoms with Crippen molar-refractivity contribution in [3.8, 4) is 0 Å². The zero-order chi connectivity index (χ0) is 40.8. The third-order valence-corrected chi connectivity index (χ3v) is 9.78. The zero-order valence-electron chi connectivity index (χ0n) is 29.8. The van der Waals surface area contributed by atoms with Gasteiger partial charge in [-0.15, -0.1) is 0 Å². The van der Waals surface area contributed by atoms with Crippen LogP contribution in [0.5, 0.6) is 0 Å². The average molecular weight is 787 g/mol. The molecule has 18 N–H and O–H groups in total. The van der Waals surface area contributed by atoms with E-state index in [2.05, 4.69) is 26.3 Å². The molecule has 0 spiro atoms. The summed E-state index contributed by atoms with van der Waals surface area (Å²) in [5.74, 6) is -1.34. The van der Waals surface area contributed by atoms with Crippen LogP contribution < -0.4 is 32.7 Å². The molecule has 1 saturated carbocycles. The molecule has 2 saturated heterocycles. The number of nitrogens with one attached hydrogen (secondary N) is 6. The Kier molecular flexibility index (Phi) is 14.8. The number of guanidine groups is 2. The molecule has 0 bridgehead atoms. The van der Waals surface area contributed by atoms with Gasteiger partial charge in [-0.25, -0.2) is 9.59 Å². The van der Waals surface area contributed by atoms with Gasteiger partial charge in [0.15, 0.2) is 24.5 Å². The number of hydrogen-bond acceptors (Lipinski definition) is 18. The predicted octanol–water partition coefficient (Wildman–Crippen LogP) is -6.45. The summed E-state index contributed by atoms with van der Waals surface area (Å²) in [6, 6.07) is 1.25. The number of aliphatic imine (C=N–C) groups is 1. The smallest absolute Gasteiger partial charge is 0.319 e. The molecule has 4 rings (SSSR count). The minimum Gasteiger partial charge on any atom is -0.394 e. The van der Waals surface area contributed by atoms with Crippen LogP contribution in [0.2, 0.25) is 0 Å². The molecule has 3 aliphatic rings. The zero-order valence-corrected chi connectivity index (χ0v) is 29.8. The van der Waals surface area contributed by atoms with E-state index in [9.17, 15) is 50.4 Å². The van der Waals surface area contributed by atoms with Crippen LogP contribution in [0.1, 0.15) is 6.92 Å². The van der Waals surface area contributed by atoms with E-state index in [0.717, 1.165) is 0 Å². The quantitative estimate of drug-likeness (QED) is 0.0473. The maximum absolute atomic E-state index is 12.6. The van der Waals surface area contributed by atoms with Gasteiger partial charge >= 0.3 is 6.03 Å². The highest BCUT2D eigenvalue weighted by atomic mass is 16.8. The number of carbonyl (C=O) groups excluding carboxylic acids is 2. The first-order chi connectivity index (χ1) is 26.0. The molecule has 2 aliphatic heterocycles. The lowest BCUT2D eigenvalue weighted by Gasteiger charge is -2.48. The highest BCUT2D eigenvalue weighted by Crippen LogP contribution is 2.39. The standard InChI is InChI=1S/C31H50N10O14/c1-12-31(51,10-43)25(27(52-12)54-24-17(40-29(34)35)20(46)16(39-28(32)33)21(47)23(24)49)55-26-18(22(48)19(45)15(9-42)53-26)41(2)7-6-36-30(50)38-14-5-3-4-13(8-14)37-11-44/h3-5,8,12,15-27,42-43,45-49,51H,6-7,9-10H2,1-2H3,(H4,32,33,39)(H4,34,35,40)(H2,36,38,50)/t12-,15?,16?,17-,18?,19-,20?,21-,22+,23?,24-,25?,26-,27-,31-/m0/s1. The van der Waals surface area contributed by atoms with Crippen molar-refractivity contribution in [3.63, 3.8) is 0 Å². The number of nitrogens with zero attached hydrogens (tertiary/aromatic N) is 2. The van der Waals surface area contributed by atoms with Crippen molar-refractivity contribution in [2.75, 3.05) is 38.7 Å². The molecule has 24 nitrogen and oxygen atoms in total. The van der Waals surface area contributed by atoms with Gasteiger partial charge in [0.05, 0.1) is 49.2 Å². The summed E-state index contributed by atoms with van der Waals surface area (Å²) in [7, 11) is 1.49. The van der Waals surface area contributed by atoms with Gasteiger partial charge in [0, 0.05) is 18.8 Å². The number of rotatable bonds is 14. The largest absolute Gasteiger partial charge is 0.394 e. The van der Waals surface area contributed by atoms with E-state index in [1.165, 1.54) is 37.1 Å². The normalized spacial score (nSPS) is 37.4. The third kappa shape index (κ3) is 9.83. The highest BCUT2D eigenvalue weighted by molar-refractivity contribution is 5.89. The fraction of sp³-hybridized carbons (Fsp3) is 0.677. The van der Waals surface area contributed by atoms with Gasteiger partial charge in [0.1, 0.15) is 48.3 Å².